The Labute approximate surface area is 127 Å². The lowest BCUT2D eigenvalue weighted by Gasteiger charge is -2.25. The second-order valence-electron chi connectivity index (χ2n) is 4.85. The summed E-state index contributed by atoms with van der Waals surface area (Å²) in [6.45, 7) is 0.983. The Morgan fingerprint density at radius 1 is 1.33 bits per heavy atom. The fourth-order valence-electron chi connectivity index (χ4n) is 2.02. The van der Waals surface area contributed by atoms with E-state index in [0.717, 1.165) is 0 Å². The number of aliphatic hydroxyl groups excluding tert-OH is 1. The number of hydrogen-bond acceptors (Lipinski definition) is 3. The summed E-state index contributed by atoms with van der Waals surface area (Å²) in [5.74, 6) is 0. The molecular weight excluding hydrogens is 301 g/mol. The number of halogens is 3. The van der Waals surface area contributed by atoms with Gasteiger partial charge in [-0.25, -0.2) is 0 Å². The number of benzene rings is 1. The van der Waals surface area contributed by atoms with Crippen LogP contribution in [0, 0.1) is 0 Å². The molecule has 118 valence electrons. The third kappa shape index (κ3) is 6.41. The molecule has 0 saturated heterocycles. The Morgan fingerprint density at radius 2 is 1.90 bits per heavy atom. The van der Waals surface area contributed by atoms with E-state index in [1.54, 1.807) is 31.2 Å². The van der Waals surface area contributed by atoms with E-state index >= 15 is 0 Å². The van der Waals surface area contributed by atoms with E-state index in [1.807, 2.05) is 0 Å². The van der Waals surface area contributed by atoms with Crippen LogP contribution in [0.1, 0.15) is 30.6 Å². The first-order valence-corrected chi connectivity index (χ1v) is 7.00. The molecular formula is C14H19F3N2OS. The summed E-state index contributed by atoms with van der Waals surface area (Å²) in [5, 5.41) is 10.1. The maximum Gasteiger partial charge on any atom is 0.401 e. The van der Waals surface area contributed by atoms with Crippen molar-refractivity contribution >= 4 is 17.2 Å². The molecule has 0 aliphatic rings. The monoisotopic (exact) mass is 320 g/mol. The molecule has 1 atom stereocenters. The standard InChI is InChI=1S/C14H19F3N2OS/c1-2-7-19(9-14(15,16)17)8-12(20)10-3-5-11(6-4-10)13(18)21/h3-6,12,20H,2,7-9H2,1H3,(H2,18,21). The maximum absolute atomic E-state index is 12.5. The van der Waals surface area contributed by atoms with E-state index in [9.17, 15) is 18.3 Å². The van der Waals surface area contributed by atoms with Crippen LogP contribution in [0.15, 0.2) is 24.3 Å². The summed E-state index contributed by atoms with van der Waals surface area (Å²) in [6, 6.07) is 6.54. The van der Waals surface area contributed by atoms with Crippen molar-refractivity contribution in [2.75, 3.05) is 19.6 Å². The Morgan fingerprint density at radius 3 is 2.33 bits per heavy atom. The number of alkyl halides is 3. The third-order valence-electron chi connectivity index (χ3n) is 2.95. The van der Waals surface area contributed by atoms with Gasteiger partial charge in [0.25, 0.3) is 0 Å². The average Bonchev–Trinajstić information content (AvgIpc) is 2.37. The number of aliphatic hydroxyl groups is 1. The average molecular weight is 320 g/mol. The van der Waals surface area contributed by atoms with E-state index < -0.39 is 18.8 Å². The highest BCUT2D eigenvalue weighted by Crippen LogP contribution is 2.20. The Kier molecular flexibility index (Phi) is 6.57. The van der Waals surface area contributed by atoms with Crippen LogP contribution in [-0.4, -0.2) is 40.8 Å². The van der Waals surface area contributed by atoms with Crippen molar-refractivity contribution in [2.24, 2.45) is 5.73 Å². The minimum atomic E-state index is -4.27. The fraction of sp³-hybridized carbons (Fsp3) is 0.500. The van der Waals surface area contributed by atoms with Crippen LogP contribution in [0.3, 0.4) is 0 Å². The minimum Gasteiger partial charge on any atom is -0.389 e. The van der Waals surface area contributed by atoms with Crippen LogP contribution >= 0.6 is 12.2 Å². The van der Waals surface area contributed by atoms with Gasteiger partial charge in [0.15, 0.2) is 0 Å². The van der Waals surface area contributed by atoms with Gasteiger partial charge in [-0.15, -0.1) is 0 Å². The predicted octanol–water partition coefficient (Wildman–Crippen LogP) is 2.63. The molecule has 0 saturated carbocycles. The molecule has 0 fully saturated rings. The molecule has 0 bridgehead atoms. The Balaban J connectivity index is 2.72. The van der Waals surface area contributed by atoms with Gasteiger partial charge >= 0.3 is 6.18 Å². The SMILES string of the molecule is CCCN(CC(O)c1ccc(C(N)=S)cc1)CC(F)(F)F. The van der Waals surface area contributed by atoms with Crippen LogP contribution in [0.5, 0.6) is 0 Å². The third-order valence-corrected chi connectivity index (χ3v) is 3.19. The van der Waals surface area contributed by atoms with Gasteiger partial charge in [0.1, 0.15) is 4.99 Å². The highest BCUT2D eigenvalue weighted by atomic mass is 32.1. The number of thiocarbonyl (C=S) groups is 1. The van der Waals surface area contributed by atoms with Gasteiger partial charge in [0.2, 0.25) is 0 Å². The van der Waals surface area contributed by atoms with E-state index in [2.05, 4.69) is 0 Å². The summed E-state index contributed by atoms with van der Waals surface area (Å²) >= 11 is 4.82. The quantitative estimate of drug-likeness (QED) is 0.758. The van der Waals surface area contributed by atoms with Gasteiger partial charge in [0.05, 0.1) is 12.6 Å². The zero-order chi connectivity index (χ0) is 16.0. The Hall–Kier alpha value is -1.18. The summed E-state index contributed by atoms with van der Waals surface area (Å²) in [4.78, 5) is 1.44. The van der Waals surface area contributed by atoms with Crippen molar-refractivity contribution in [3.63, 3.8) is 0 Å². The van der Waals surface area contributed by atoms with Crippen molar-refractivity contribution in [3.8, 4) is 0 Å². The normalized spacial score (nSPS) is 13.4. The first-order chi connectivity index (χ1) is 9.73. The molecule has 0 amide bonds. The van der Waals surface area contributed by atoms with Crippen molar-refractivity contribution in [2.45, 2.75) is 25.6 Å². The molecule has 0 radical (unpaired) electrons. The van der Waals surface area contributed by atoms with Gasteiger partial charge in [-0.05, 0) is 18.5 Å². The fourth-order valence-corrected chi connectivity index (χ4v) is 2.16. The van der Waals surface area contributed by atoms with Crippen LogP contribution in [0.4, 0.5) is 13.2 Å². The van der Waals surface area contributed by atoms with Crippen molar-refractivity contribution in [3.05, 3.63) is 35.4 Å². The lowest BCUT2D eigenvalue weighted by Crippen LogP contribution is -2.37. The summed E-state index contributed by atoms with van der Waals surface area (Å²) < 4.78 is 37.4. The molecule has 3 nitrogen and oxygen atoms in total. The van der Waals surface area contributed by atoms with Crippen LogP contribution in [0.2, 0.25) is 0 Å². The molecule has 0 spiro atoms. The zero-order valence-corrected chi connectivity index (χ0v) is 12.5. The molecule has 0 heterocycles. The molecule has 1 rings (SSSR count). The molecule has 1 unspecified atom stereocenters. The second-order valence-corrected chi connectivity index (χ2v) is 5.29. The largest absolute Gasteiger partial charge is 0.401 e. The van der Waals surface area contributed by atoms with Crippen LogP contribution < -0.4 is 5.73 Å². The summed E-state index contributed by atoms with van der Waals surface area (Å²) in [7, 11) is 0. The smallest absolute Gasteiger partial charge is 0.389 e. The molecule has 0 aliphatic carbocycles. The zero-order valence-electron chi connectivity index (χ0n) is 11.7. The molecule has 0 aromatic heterocycles. The van der Waals surface area contributed by atoms with Crippen molar-refractivity contribution < 1.29 is 18.3 Å². The molecule has 7 heteroatoms. The lowest BCUT2D eigenvalue weighted by atomic mass is 10.1. The summed E-state index contributed by atoms with van der Waals surface area (Å²) in [6.07, 6.45) is -4.67. The second kappa shape index (κ2) is 7.72. The first kappa shape index (κ1) is 17.9. The van der Waals surface area contributed by atoms with Gasteiger partial charge < -0.3 is 10.8 Å². The predicted molar refractivity (Wildman–Crippen MR) is 80.1 cm³/mol. The van der Waals surface area contributed by atoms with Crippen LogP contribution in [-0.2, 0) is 0 Å². The summed E-state index contributed by atoms with van der Waals surface area (Å²) in [5.41, 5.74) is 6.66. The van der Waals surface area contributed by atoms with Crippen molar-refractivity contribution in [1.82, 2.24) is 4.90 Å². The number of rotatable bonds is 7. The Bertz CT molecular complexity index is 462. The minimum absolute atomic E-state index is 0.0697. The van der Waals surface area contributed by atoms with Gasteiger partial charge in [-0.3, -0.25) is 4.90 Å². The van der Waals surface area contributed by atoms with Crippen LogP contribution in [0.25, 0.3) is 0 Å². The first-order valence-electron chi connectivity index (χ1n) is 6.60. The van der Waals surface area contributed by atoms with Gasteiger partial charge in [0, 0.05) is 12.1 Å². The molecule has 0 aliphatic heterocycles. The molecule has 1 aromatic rings. The molecule has 21 heavy (non-hydrogen) atoms. The topological polar surface area (TPSA) is 49.5 Å². The maximum atomic E-state index is 12.5. The van der Waals surface area contributed by atoms with E-state index in [1.165, 1.54) is 4.90 Å². The molecule has 1 aromatic carbocycles. The van der Waals surface area contributed by atoms with Gasteiger partial charge in [-0.2, -0.15) is 13.2 Å². The number of nitrogens with zero attached hydrogens (tertiary/aromatic N) is 1. The number of nitrogens with two attached hydrogens (primary N) is 1. The van der Waals surface area contributed by atoms with E-state index in [0.29, 0.717) is 17.5 Å². The van der Waals surface area contributed by atoms with Gasteiger partial charge in [-0.1, -0.05) is 43.4 Å². The highest BCUT2D eigenvalue weighted by Gasteiger charge is 2.31. The van der Waals surface area contributed by atoms with E-state index in [-0.39, 0.29) is 18.1 Å². The van der Waals surface area contributed by atoms with E-state index in [4.69, 9.17) is 18.0 Å². The lowest BCUT2D eigenvalue weighted by molar-refractivity contribution is -0.148. The highest BCUT2D eigenvalue weighted by molar-refractivity contribution is 7.80. The number of hydrogen-bond donors (Lipinski definition) is 2. The molecule has 3 N–H and O–H groups in total. The van der Waals surface area contributed by atoms with Crippen molar-refractivity contribution in [1.29, 1.82) is 0 Å².